The first-order valence-electron chi connectivity index (χ1n) is 4.75. The van der Waals surface area contributed by atoms with E-state index in [1.54, 1.807) is 6.26 Å². The summed E-state index contributed by atoms with van der Waals surface area (Å²) in [6, 6.07) is 1.54. The Labute approximate surface area is 98.4 Å². The van der Waals surface area contributed by atoms with Crippen molar-refractivity contribution in [1.82, 2.24) is 4.98 Å². The third-order valence-corrected chi connectivity index (χ3v) is 3.92. The number of pyridine rings is 1. The highest BCUT2D eigenvalue weighted by molar-refractivity contribution is 7.99. The molecule has 1 aromatic heterocycles. The number of sulfonamides is 1. The molecule has 0 spiro atoms. The molecule has 0 aliphatic heterocycles. The molecule has 88 valence electrons. The fraction of sp³-hybridized carbons (Fsp3) is 0.444. The molecule has 0 aromatic carbocycles. The average Bonchev–Trinajstić information content (AvgIpc) is 2.99. The van der Waals surface area contributed by atoms with Gasteiger partial charge in [-0.3, -0.25) is 0 Å². The molecule has 1 heterocycles. The van der Waals surface area contributed by atoms with E-state index < -0.39 is 10.0 Å². The van der Waals surface area contributed by atoms with E-state index >= 15 is 0 Å². The predicted molar refractivity (Wildman–Crippen MR) is 61.0 cm³/mol. The summed E-state index contributed by atoms with van der Waals surface area (Å²) in [5, 5.41) is 5.54. The minimum absolute atomic E-state index is 0.00519. The lowest BCUT2D eigenvalue weighted by atomic mass is 10.4. The van der Waals surface area contributed by atoms with Crippen LogP contribution in [0.25, 0.3) is 0 Å². The van der Waals surface area contributed by atoms with Crippen molar-refractivity contribution < 1.29 is 13.2 Å². The van der Waals surface area contributed by atoms with Gasteiger partial charge in [0.25, 0.3) is 0 Å². The number of ether oxygens (including phenoxy) is 1. The molecule has 1 saturated carbocycles. The summed E-state index contributed by atoms with van der Waals surface area (Å²) in [5.41, 5.74) is 0. The molecule has 0 atom stereocenters. The van der Waals surface area contributed by atoms with Crippen LogP contribution < -0.4 is 9.88 Å². The Morgan fingerprint density at radius 3 is 2.75 bits per heavy atom. The van der Waals surface area contributed by atoms with E-state index in [9.17, 15) is 8.42 Å². The Morgan fingerprint density at radius 2 is 2.25 bits per heavy atom. The van der Waals surface area contributed by atoms with Crippen molar-refractivity contribution in [1.29, 1.82) is 0 Å². The minimum Gasteiger partial charge on any atom is -0.489 e. The average molecular weight is 260 g/mol. The van der Waals surface area contributed by atoms with E-state index in [0.717, 1.165) is 12.8 Å². The van der Waals surface area contributed by atoms with Crippen molar-refractivity contribution in [2.75, 3.05) is 6.26 Å². The van der Waals surface area contributed by atoms with Gasteiger partial charge < -0.3 is 4.74 Å². The summed E-state index contributed by atoms with van der Waals surface area (Å²) >= 11 is 1.23. The highest BCUT2D eigenvalue weighted by Gasteiger charge is 2.28. The van der Waals surface area contributed by atoms with Crippen LogP contribution in [0, 0.1) is 0 Å². The highest BCUT2D eigenvalue weighted by Crippen LogP contribution is 2.34. The molecular weight excluding hydrogens is 248 g/mol. The summed E-state index contributed by atoms with van der Waals surface area (Å²) in [4.78, 5) is 3.97. The van der Waals surface area contributed by atoms with Gasteiger partial charge in [-0.05, 0) is 25.2 Å². The molecule has 7 heteroatoms. The van der Waals surface area contributed by atoms with Crippen LogP contribution >= 0.6 is 11.8 Å². The molecule has 0 bridgehead atoms. The van der Waals surface area contributed by atoms with E-state index in [0.29, 0.717) is 10.8 Å². The molecule has 1 aliphatic carbocycles. The summed E-state index contributed by atoms with van der Waals surface area (Å²) < 4.78 is 28.5. The molecule has 0 unspecified atom stereocenters. The normalized spacial score (nSPS) is 16.1. The predicted octanol–water partition coefficient (Wildman–Crippen LogP) is 0.992. The summed E-state index contributed by atoms with van der Waals surface area (Å²) in [6.45, 7) is 0. The summed E-state index contributed by atoms with van der Waals surface area (Å²) in [6.07, 6.45) is 5.32. The zero-order valence-corrected chi connectivity index (χ0v) is 10.3. The fourth-order valence-electron chi connectivity index (χ4n) is 1.28. The first-order chi connectivity index (χ1) is 7.52. The standard InChI is InChI=1S/C9H12N2O3S2/c1-15-9-8(16(10,12)13)7(4-5-11-9)14-6-2-3-6/h4-6H,2-3H2,1H3,(H2,10,12,13). The lowest BCUT2D eigenvalue weighted by Crippen LogP contribution is -2.16. The Balaban J connectivity index is 2.49. The van der Waals surface area contributed by atoms with Gasteiger partial charge in [0, 0.05) is 6.20 Å². The van der Waals surface area contributed by atoms with Crippen molar-refractivity contribution in [2.24, 2.45) is 5.14 Å². The van der Waals surface area contributed by atoms with Gasteiger partial charge in [-0.1, -0.05) is 0 Å². The molecule has 0 saturated heterocycles. The molecule has 2 N–H and O–H groups in total. The fourth-order valence-corrected chi connectivity index (χ4v) is 3.02. The lowest BCUT2D eigenvalue weighted by molar-refractivity contribution is 0.292. The second-order valence-electron chi connectivity index (χ2n) is 3.51. The van der Waals surface area contributed by atoms with Crippen LogP contribution in [0.3, 0.4) is 0 Å². The summed E-state index contributed by atoms with van der Waals surface area (Å²) in [5.74, 6) is 0.310. The number of thioether (sulfide) groups is 1. The van der Waals surface area contributed by atoms with Gasteiger partial charge in [0.15, 0.2) is 4.90 Å². The number of rotatable bonds is 4. The molecule has 1 fully saturated rings. The molecule has 1 aromatic rings. The highest BCUT2D eigenvalue weighted by atomic mass is 32.2. The van der Waals surface area contributed by atoms with Gasteiger partial charge in [-0.15, -0.1) is 11.8 Å². The Bertz CT molecular complexity index is 497. The van der Waals surface area contributed by atoms with Crippen LogP contribution in [0.2, 0.25) is 0 Å². The van der Waals surface area contributed by atoms with Crippen LogP contribution in [-0.2, 0) is 10.0 Å². The zero-order chi connectivity index (χ0) is 11.8. The Kier molecular flexibility index (Phi) is 3.09. The number of aromatic nitrogens is 1. The first kappa shape index (κ1) is 11.7. The second kappa shape index (κ2) is 4.23. The smallest absolute Gasteiger partial charge is 0.244 e. The molecule has 1 aliphatic rings. The lowest BCUT2D eigenvalue weighted by Gasteiger charge is -2.11. The Morgan fingerprint density at radius 1 is 1.56 bits per heavy atom. The maximum Gasteiger partial charge on any atom is 0.244 e. The van der Waals surface area contributed by atoms with Crippen molar-refractivity contribution in [3.63, 3.8) is 0 Å². The SMILES string of the molecule is CSc1nccc(OC2CC2)c1S(N)(=O)=O. The number of primary sulfonamides is 1. The molecule has 0 amide bonds. The van der Waals surface area contributed by atoms with E-state index in [1.807, 2.05) is 0 Å². The Hall–Kier alpha value is -0.790. The zero-order valence-electron chi connectivity index (χ0n) is 8.71. The van der Waals surface area contributed by atoms with E-state index in [4.69, 9.17) is 9.88 Å². The van der Waals surface area contributed by atoms with Crippen molar-refractivity contribution in [2.45, 2.75) is 28.9 Å². The maximum absolute atomic E-state index is 11.5. The van der Waals surface area contributed by atoms with Crippen LogP contribution in [0.5, 0.6) is 5.75 Å². The van der Waals surface area contributed by atoms with Gasteiger partial charge in [0.1, 0.15) is 10.8 Å². The van der Waals surface area contributed by atoms with Gasteiger partial charge in [-0.2, -0.15) is 0 Å². The topological polar surface area (TPSA) is 82.3 Å². The number of hydrogen-bond donors (Lipinski definition) is 1. The van der Waals surface area contributed by atoms with Gasteiger partial charge >= 0.3 is 0 Å². The monoisotopic (exact) mass is 260 g/mol. The quantitative estimate of drug-likeness (QED) is 0.816. The van der Waals surface area contributed by atoms with Gasteiger partial charge in [-0.25, -0.2) is 18.5 Å². The van der Waals surface area contributed by atoms with E-state index in [2.05, 4.69) is 4.98 Å². The van der Waals surface area contributed by atoms with Crippen molar-refractivity contribution in [3.05, 3.63) is 12.3 Å². The molecule has 16 heavy (non-hydrogen) atoms. The van der Waals surface area contributed by atoms with Crippen molar-refractivity contribution in [3.8, 4) is 5.75 Å². The van der Waals surface area contributed by atoms with Crippen LogP contribution in [0.4, 0.5) is 0 Å². The molecule has 2 rings (SSSR count). The molecule has 5 nitrogen and oxygen atoms in total. The van der Waals surface area contributed by atoms with Crippen LogP contribution in [0.1, 0.15) is 12.8 Å². The largest absolute Gasteiger partial charge is 0.489 e. The first-order valence-corrected chi connectivity index (χ1v) is 7.52. The number of nitrogens with zero attached hydrogens (tertiary/aromatic N) is 1. The van der Waals surface area contributed by atoms with Crippen molar-refractivity contribution >= 4 is 21.8 Å². The van der Waals surface area contributed by atoms with Gasteiger partial charge in [0.05, 0.1) is 6.10 Å². The number of hydrogen-bond acceptors (Lipinski definition) is 5. The van der Waals surface area contributed by atoms with Gasteiger partial charge in [0.2, 0.25) is 10.0 Å². The molecular formula is C9H12N2O3S2. The van der Waals surface area contributed by atoms with Crippen LogP contribution in [-0.4, -0.2) is 25.8 Å². The third-order valence-electron chi connectivity index (χ3n) is 2.13. The third kappa shape index (κ3) is 2.47. The second-order valence-corrected chi connectivity index (χ2v) is 5.80. The molecule has 0 radical (unpaired) electrons. The minimum atomic E-state index is -3.80. The maximum atomic E-state index is 11.5. The van der Waals surface area contributed by atoms with Crippen LogP contribution in [0.15, 0.2) is 22.2 Å². The van der Waals surface area contributed by atoms with E-state index in [-0.39, 0.29) is 11.0 Å². The number of nitrogens with two attached hydrogens (primary N) is 1. The summed E-state index contributed by atoms with van der Waals surface area (Å²) in [7, 11) is -3.80. The van der Waals surface area contributed by atoms with E-state index in [1.165, 1.54) is 24.0 Å².